The fraction of sp³-hybridized carbons (Fsp3) is 0.385. The summed E-state index contributed by atoms with van der Waals surface area (Å²) in [5.41, 5.74) is 8.66. The van der Waals surface area contributed by atoms with Crippen molar-refractivity contribution >= 4 is 0 Å². The zero-order valence-electron chi connectivity index (χ0n) is 9.63. The van der Waals surface area contributed by atoms with Gasteiger partial charge in [-0.2, -0.15) is 5.10 Å². The highest BCUT2D eigenvalue weighted by Gasteiger charge is 2.20. The normalized spacial score (nSPS) is 17.7. The molecule has 1 aromatic heterocycles. The van der Waals surface area contributed by atoms with Crippen LogP contribution in [0.2, 0.25) is 0 Å². The van der Waals surface area contributed by atoms with Crippen LogP contribution in [0.4, 0.5) is 0 Å². The number of benzene rings is 1. The van der Waals surface area contributed by atoms with Crippen LogP contribution in [-0.4, -0.2) is 15.2 Å². The minimum Gasteiger partial charge on any atom is -0.318 e. The second-order valence-electron chi connectivity index (χ2n) is 4.65. The zero-order valence-corrected chi connectivity index (χ0v) is 9.63. The molecule has 88 valence electrons. The van der Waals surface area contributed by atoms with E-state index in [0.29, 0.717) is 0 Å². The number of H-pyrrole nitrogens is 1. The average molecular weight is 228 g/mol. The molecule has 1 aliphatic rings. The maximum atomic E-state index is 6.16. The molecule has 1 saturated carbocycles. The maximum absolute atomic E-state index is 6.16. The van der Waals surface area contributed by atoms with E-state index in [1.807, 2.05) is 0 Å². The van der Waals surface area contributed by atoms with Gasteiger partial charge in [-0.3, -0.25) is 5.10 Å². The standard InChI is InChI=1S/C13H16N4/c14-12(13-15-8-16-17-13)11-6-2-5-10(7-11)9-3-1-4-9/h2,5-9,12H,1,3-4,14H2,(H,15,16,17). The highest BCUT2D eigenvalue weighted by atomic mass is 15.2. The largest absolute Gasteiger partial charge is 0.318 e. The van der Waals surface area contributed by atoms with Crippen molar-refractivity contribution < 1.29 is 0 Å². The molecular formula is C13H16N4. The maximum Gasteiger partial charge on any atom is 0.145 e. The van der Waals surface area contributed by atoms with E-state index in [0.717, 1.165) is 17.3 Å². The van der Waals surface area contributed by atoms with E-state index in [4.69, 9.17) is 5.73 Å². The van der Waals surface area contributed by atoms with Crippen molar-refractivity contribution in [1.29, 1.82) is 0 Å². The van der Waals surface area contributed by atoms with E-state index in [1.54, 1.807) is 0 Å². The molecule has 4 nitrogen and oxygen atoms in total. The number of aromatic nitrogens is 3. The number of hydrogen-bond donors (Lipinski definition) is 2. The molecule has 0 saturated heterocycles. The molecule has 1 heterocycles. The van der Waals surface area contributed by atoms with Gasteiger partial charge >= 0.3 is 0 Å². The summed E-state index contributed by atoms with van der Waals surface area (Å²) in [5, 5.41) is 6.66. The van der Waals surface area contributed by atoms with Crippen LogP contribution in [0, 0.1) is 0 Å². The average Bonchev–Trinajstić information content (AvgIpc) is 2.79. The summed E-state index contributed by atoms with van der Waals surface area (Å²) in [5.74, 6) is 1.45. The van der Waals surface area contributed by atoms with E-state index < -0.39 is 0 Å². The molecule has 1 fully saturated rings. The van der Waals surface area contributed by atoms with Gasteiger partial charge < -0.3 is 5.73 Å². The smallest absolute Gasteiger partial charge is 0.145 e. The van der Waals surface area contributed by atoms with Crippen LogP contribution >= 0.6 is 0 Å². The Bertz CT molecular complexity index is 488. The Morgan fingerprint density at radius 2 is 2.24 bits per heavy atom. The van der Waals surface area contributed by atoms with Gasteiger partial charge in [0.05, 0.1) is 6.04 Å². The summed E-state index contributed by atoms with van der Waals surface area (Å²) in [6.07, 6.45) is 5.45. The highest BCUT2D eigenvalue weighted by molar-refractivity contribution is 5.31. The van der Waals surface area contributed by atoms with Crippen molar-refractivity contribution in [3.05, 3.63) is 47.5 Å². The number of aromatic amines is 1. The van der Waals surface area contributed by atoms with Gasteiger partial charge in [0, 0.05) is 0 Å². The van der Waals surface area contributed by atoms with Crippen LogP contribution in [0.3, 0.4) is 0 Å². The molecule has 3 rings (SSSR count). The Labute approximate surface area is 100 Å². The molecule has 0 amide bonds. The van der Waals surface area contributed by atoms with Crippen LogP contribution < -0.4 is 5.73 Å². The first-order valence-corrected chi connectivity index (χ1v) is 6.05. The lowest BCUT2D eigenvalue weighted by Crippen LogP contribution is -2.15. The fourth-order valence-electron chi connectivity index (χ4n) is 2.27. The third-order valence-electron chi connectivity index (χ3n) is 3.57. The number of nitrogens with zero attached hydrogens (tertiary/aromatic N) is 2. The highest BCUT2D eigenvalue weighted by Crippen LogP contribution is 2.37. The molecule has 0 aliphatic heterocycles. The molecule has 2 aromatic rings. The second kappa shape index (κ2) is 4.30. The summed E-state index contributed by atoms with van der Waals surface area (Å²) in [7, 11) is 0. The number of hydrogen-bond acceptors (Lipinski definition) is 3. The van der Waals surface area contributed by atoms with Crippen molar-refractivity contribution in [2.45, 2.75) is 31.2 Å². The van der Waals surface area contributed by atoms with E-state index in [2.05, 4.69) is 39.4 Å². The monoisotopic (exact) mass is 228 g/mol. The second-order valence-corrected chi connectivity index (χ2v) is 4.65. The van der Waals surface area contributed by atoms with E-state index >= 15 is 0 Å². The third kappa shape index (κ3) is 1.96. The van der Waals surface area contributed by atoms with Gasteiger partial charge in [0.25, 0.3) is 0 Å². The number of rotatable bonds is 3. The lowest BCUT2D eigenvalue weighted by molar-refractivity contribution is 0.419. The Hall–Kier alpha value is -1.68. The van der Waals surface area contributed by atoms with Gasteiger partial charge in [-0.25, -0.2) is 4.98 Å². The molecule has 17 heavy (non-hydrogen) atoms. The lowest BCUT2D eigenvalue weighted by Gasteiger charge is -2.26. The van der Waals surface area contributed by atoms with Crippen LogP contribution in [0.25, 0.3) is 0 Å². The summed E-state index contributed by atoms with van der Waals surface area (Å²) in [6, 6.07) is 8.32. The van der Waals surface area contributed by atoms with Gasteiger partial charge in [0.1, 0.15) is 12.2 Å². The summed E-state index contributed by atoms with van der Waals surface area (Å²) in [6.45, 7) is 0. The molecule has 1 atom stereocenters. The third-order valence-corrected chi connectivity index (χ3v) is 3.57. The van der Waals surface area contributed by atoms with Crippen LogP contribution in [0.5, 0.6) is 0 Å². The quantitative estimate of drug-likeness (QED) is 0.845. The summed E-state index contributed by atoms with van der Waals surface area (Å²) in [4.78, 5) is 4.11. The Kier molecular flexibility index (Phi) is 2.65. The molecule has 3 N–H and O–H groups in total. The number of nitrogens with one attached hydrogen (secondary N) is 1. The Balaban J connectivity index is 1.87. The molecule has 1 aliphatic carbocycles. The van der Waals surface area contributed by atoms with E-state index in [-0.39, 0.29) is 6.04 Å². The van der Waals surface area contributed by atoms with Crippen molar-refractivity contribution in [1.82, 2.24) is 15.2 Å². The van der Waals surface area contributed by atoms with E-state index in [1.165, 1.54) is 31.2 Å². The summed E-state index contributed by atoms with van der Waals surface area (Å²) >= 11 is 0. The first-order chi connectivity index (χ1) is 8.34. The predicted molar refractivity (Wildman–Crippen MR) is 65.4 cm³/mol. The SMILES string of the molecule is NC(c1cccc(C2CCC2)c1)c1ncn[nH]1. The molecule has 0 radical (unpaired) electrons. The van der Waals surface area contributed by atoms with Gasteiger partial charge in [0.15, 0.2) is 0 Å². The molecule has 1 aromatic carbocycles. The number of nitrogens with two attached hydrogens (primary N) is 1. The van der Waals surface area contributed by atoms with Gasteiger partial charge in [0.2, 0.25) is 0 Å². The Morgan fingerprint density at radius 3 is 2.88 bits per heavy atom. The Morgan fingerprint density at radius 1 is 1.35 bits per heavy atom. The van der Waals surface area contributed by atoms with Gasteiger partial charge in [-0.05, 0) is 29.9 Å². The van der Waals surface area contributed by atoms with Crippen molar-refractivity contribution in [2.24, 2.45) is 5.73 Å². The minimum atomic E-state index is -0.211. The molecule has 4 heteroatoms. The molecule has 1 unspecified atom stereocenters. The van der Waals surface area contributed by atoms with Gasteiger partial charge in [-0.15, -0.1) is 0 Å². The predicted octanol–water partition coefficient (Wildman–Crippen LogP) is 2.12. The van der Waals surface area contributed by atoms with Crippen molar-refractivity contribution in [2.75, 3.05) is 0 Å². The molecule has 0 bridgehead atoms. The van der Waals surface area contributed by atoms with Crippen molar-refractivity contribution in [3.63, 3.8) is 0 Å². The van der Waals surface area contributed by atoms with Gasteiger partial charge in [-0.1, -0.05) is 30.7 Å². The lowest BCUT2D eigenvalue weighted by atomic mass is 9.79. The molecule has 0 spiro atoms. The van der Waals surface area contributed by atoms with E-state index in [9.17, 15) is 0 Å². The fourth-order valence-corrected chi connectivity index (χ4v) is 2.27. The molecular weight excluding hydrogens is 212 g/mol. The zero-order chi connectivity index (χ0) is 11.7. The minimum absolute atomic E-state index is 0.211. The van der Waals surface area contributed by atoms with Crippen LogP contribution in [0.1, 0.15) is 48.2 Å². The van der Waals surface area contributed by atoms with Crippen LogP contribution in [-0.2, 0) is 0 Å². The van der Waals surface area contributed by atoms with Crippen LogP contribution in [0.15, 0.2) is 30.6 Å². The van der Waals surface area contributed by atoms with Crippen molar-refractivity contribution in [3.8, 4) is 0 Å². The summed E-state index contributed by atoms with van der Waals surface area (Å²) < 4.78 is 0. The first kappa shape index (κ1) is 10.5. The topological polar surface area (TPSA) is 67.6 Å². The first-order valence-electron chi connectivity index (χ1n) is 6.05.